The Morgan fingerprint density at radius 2 is 1.76 bits per heavy atom. The van der Waals surface area contributed by atoms with Gasteiger partial charge in [0.2, 0.25) is 5.95 Å². The lowest BCUT2D eigenvalue weighted by molar-refractivity contribution is -0.274. The summed E-state index contributed by atoms with van der Waals surface area (Å²) in [6.07, 6.45) is -8.18. The molecule has 0 saturated heterocycles. The van der Waals surface area contributed by atoms with Crippen LogP contribution in [0.4, 0.5) is 38.0 Å². The zero-order valence-electron chi connectivity index (χ0n) is 17.2. The van der Waals surface area contributed by atoms with Crippen molar-refractivity contribution in [2.45, 2.75) is 19.5 Å². The van der Waals surface area contributed by atoms with Gasteiger partial charge >= 0.3 is 12.5 Å². The standard InChI is InChI=1S/C21H14ClF6N5O/c1-2-33(15-8-7-11(9-13(15)22)20(23,24)25)19-30-14-10-29-32-18(14)17(31-19)12-5-3-4-6-16(12)34-21(26,27)28/h3-10H,2H2,1H3,(H,29,32). The smallest absolute Gasteiger partial charge is 0.405 e. The molecule has 0 spiro atoms. The fraction of sp³-hybridized carbons (Fsp3) is 0.190. The number of nitrogens with zero attached hydrogens (tertiary/aromatic N) is 4. The number of nitrogens with one attached hydrogen (secondary N) is 1. The topological polar surface area (TPSA) is 66.9 Å². The van der Waals surface area contributed by atoms with Crippen LogP contribution >= 0.6 is 11.6 Å². The van der Waals surface area contributed by atoms with Crippen molar-refractivity contribution in [3.63, 3.8) is 0 Å². The van der Waals surface area contributed by atoms with Crippen molar-refractivity contribution >= 4 is 34.3 Å². The fourth-order valence-electron chi connectivity index (χ4n) is 3.34. The zero-order chi connectivity index (χ0) is 24.7. The van der Waals surface area contributed by atoms with Crippen LogP contribution in [0.15, 0.2) is 48.7 Å². The average molecular weight is 502 g/mol. The third-order valence-electron chi connectivity index (χ3n) is 4.78. The molecular formula is C21H14ClF6N5O. The number of fused-ring (bicyclic) bond motifs is 1. The monoisotopic (exact) mass is 501 g/mol. The van der Waals surface area contributed by atoms with E-state index in [4.69, 9.17) is 11.6 Å². The highest BCUT2D eigenvalue weighted by atomic mass is 35.5. The van der Waals surface area contributed by atoms with Gasteiger partial charge in [-0.15, -0.1) is 13.2 Å². The Bertz CT molecular complexity index is 1340. The maximum Gasteiger partial charge on any atom is 0.573 e. The van der Waals surface area contributed by atoms with Gasteiger partial charge in [0.1, 0.15) is 22.5 Å². The number of rotatable bonds is 5. The van der Waals surface area contributed by atoms with Gasteiger partial charge in [-0.3, -0.25) is 5.10 Å². The number of para-hydroxylation sites is 1. The Morgan fingerprint density at radius 3 is 2.41 bits per heavy atom. The van der Waals surface area contributed by atoms with Crippen LogP contribution in [-0.4, -0.2) is 33.1 Å². The summed E-state index contributed by atoms with van der Waals surface area (Å²) in [6.45, 7) is 1.88. The molecule has 2 aromatic carbocycles. The predicted molar refractivity (Wildman–Crippen MR) is 113 cm³/mol. The van der Waals surface area contributed by atoms with Crippen LogP contribution in [0, 0.1) is 0 Å². The predicted octanol–water partition coefficient (Wildman–Crippen LogP) is 6.75. The summed E-state index contributed by atoms with van der Waals surface area (Å²) < 4.78 is 82.1. The molecule has 6 nitrogen and oxygen atoms in total. The summed E-state index contributed by atoms with van der Waals surface area (Å²) in [5.41, 5.74) is -0.167. The number of aromatic nitrogens is 4. The molecule has 0 amide bonds. The lowest BCUT2D eigenvalue weighted by Crippen LogP contribution is -2.20. The molecule has 2 heterocycles. The first kappa shape index (κ1) is 23.6. The minimum Gasteiger partial charge on any atom is -0.405 e. The molecule has 0 radical (unpaired) electrons. The molecule has 0 aliphatic carbocycles. The Labute approximate surface area is 193 Å². The van der Waals surface area contributed by atoms with Gasteiger partial charge in [0.05, 0.1) is 22.5 Å². The normalized spacial score (nSPS) is 12.2. The molecule has 0 fully saturated rings. The number of alkyl halides is 6. The molecule has 0 aliphatic rings. The first-order valence-electron chi connectivity index (χ1n) is 9.68. The third-order valence-corrected chi connectivity index (χ3v) is 5.08. The van der Waals surface area contributed by atoms with Crippen molar-refractivity contribution in [2.24, 2.45) is 0 Å². The number of anilines is 2. The van der Waals surface area contributed by atoms with Crippen molar-refractivity contribution in [2.75, 3.05) is 11.4 Å². The number of hydrogen-bond donors (Lipinski definition) is 1. The second kappa shape index (κ2) is 8.67. The van der Waals surface area contributed by atoms with Gasteiger partial charge in [-0.25, -0.2) is 9.97 Å². The van der Waals surface area contributed by atoms with Crippen molar-refractivity contribution in [3.05, 3.63) is 59.2 Å². The van der Waals surface area contributed by atoms with E-state index in [1.807, 2.05) is 0 Å². The van der Waals surface area contributed by atoms with Crippen molar-refractivity contribution < 1.29 is 31.1 Å². The molecule has 34 heavy (non-hydrogen) atoms. The lowest BCUT2D eigenvalue weighted by Gasteiger charge is -2.23. The van der Waals surface area contributed by atoms with Crippen LogP contribution in [0.5, 0.6) is 5.75 Å². The number of hydrogen-bond acceptors (Lipinski definition) is 5. The summed E-state index contributed by atoms with van der Waals surface area (Å²) in [5.74, 6) is -0.499. The Balaban J connectivity index is 1.87. The number of halogens is 7. The van der Waals surface area contributed by atoms with E-state index in [1.165, 1.54) is 35.4 Å². The molecule has 0 atom stereocenters. The quantitative estimate of drug-likeness (QED) is 0.306. The maximum absolute atomic E-state index is 13.0. The molecule has 0 bridgehead atoms. The van der Waals surface area contributed by atoms with Gasteiger partial charge in [-0.2, -0.15) is 18.3 Å². The molecule has 13 heteroatoms. The van der Waals surface area contributed by atoms with Crippen LogP contribution in [0.1, 0.15) is 12.5 Å². The number of ether oxygens (including phenoxy) is 1. The Kier molecular flexibility index (Phi) is 6.02. The molecular weight excluding hydrogens is 488 g/mol. The highest BCUT2D eigenvalue weighted by molar-refractivity contribution is 6.33. The molecule has 0 saturated carbocycles. The molecule has 4 aromatic rings. The van der Waals surface area contributed by atoms with E-state index in [2.05, 4.69) is 24.9 Å². The molecule has 1 N–H and O–H groups in total. The van der Waals surface area contributed by atoms with Gasteiger partial charge in [-0.1, -0.05) is 23.7 Å². The van der Waals surface area contributed by atoms with E-state index in [9.17, 15) is 26.3 Å². The Morgan fingerprint density at radius 1 is 1.03 bits per heavy atom. The van der Waals surface area contributed by atoms with Crippen molar-refractivity contribution in [1.82, 2.24) is 20.2 Å². The van der Waals surface area contributed by atoms with Gasteiger partial charge in [0.15, 0.2) is 0 Å². The largest absolute Gasteiger partial charge is 0.573 e. The maximum atomic E-state index is 13.0. The molecule has 178 valence electrons. The number of aromatic amines is 1. The van der Waals surface area contributed by atoms with E-state index in [-0.39, 0.29) is 45.5 Å². The highest BCUT2D eigenvalue weighted by Crippen LogP contribution is 2.39. The van der Waals surface area contributed by atoms with Gasteiger partial charge < -0.3 is 9.64 Å². The van der Waals surface area contributed by atoms with E-state index in [0.29, 0.717) is 0 Å². The van der Waals surface area contributed by atoms with E-state index < -0.39 is 23.9 Å². The molecule has 0 aliphatic heterocycles. The summed E-state index contributed by atoms with van der Waals surface area (Å²) >= 11 is 6.15. The Hall–Kier alpha value is -3.54. The zero-order valence-corrected chi connectivity index (χ0v) is 17.9. The van der Waals surface area contributed by atoms with Crippen LogP contribution < -0.4 is 9.64 Å². The fourth-order valence-corrected chi connectivity index (χ4v) is 3.62. The van der Waals surface area contributed by atoms with Gasteiger partial charge in [0.25, 0.3) is 0 Å². The molecule has 0 unspecified atom stereocenters. The average Bonchev–Trinajstić information content (AvgIpc) is 3.22. The van der Waals surface area contributed by atoms with E-state index >= 15 is 0 Å². The summed E-state index contributed by atoms with van der Waals surface area (Å²) in [5, 5.41) is 6.34. The first-order valence-corrected chi connectivity index (χ1v) is 10.1. The SMILES string of the molecule is CCN(c1nc(-c2ccccc2OC(F)(F)F)c2[nH]ncc2n1)c1ccc(C(F)(F)F)cc1Cl. The van der Waals surface area contributed by atoms with E-state index in [1.54, 1.807) is 6.92 Å². The minimum atomic E-state index is -4.94. The number of H-pyrrole nitrogens is 1. The van der Waals surface area contributed by atoms with Crippen LogP contribution in [-0.2, 0) is 6.18 Å². The number of benzene rings is 2. The van der Waals surface area contributed by atoms with Gasteiger partial charge in [-0.05, 0) is 37.3 Å². The summed E-state index contributed by atoms with van der Waals surface area (Å²) in [6, 6.07) is 8.23. The van der Waals surface area contributed by atoms with E-state index in [0.717, 1.165) is 18.2 Å². The van der Waals surface area contributed by atoms with Crippen LogP contribution in [0.25, 0.3) is 22.3 Å². The lowest BCUT2D eigenvalue weighted by atomic mass is 10.1. The van der Waals surface area contributed by atoms with Crippen molar-refractivity contribution in [3.8, 4) is 17.0 Å². The second-order valence-electron chi connectivity index (χ2n) is 6.95. The second-order valence-corrected chi connectivity index (χ2v) is 7.36. The van der Waals surface area contributed by atoms with Crippen LogP contribution in [0.2, 0.25) is 5.02 Å². The summed E-state index contributed by atoms with van der Waals surface area (Å²) in [7, 11) is 0. The van der Waals surface area contributed by atoms with Crippen molar-refractivity contribution in [1.29, 1.82) is 0 Å². The first-order chi connectivity index (χ1) is 16.0. The van der Waals surface area contributed by atoms with Crippen LogP contribution in [0.3, 0.4) is 0 Å². The minimum absolute atomic E-state index is 0.00475. The third kappa shape index (κ3) is 4.72. The molecule has 4 rings (SSSR count). The molecule has 2 aromatic heterocycles. The summed E-state index contributed by atoms with van der Waals surface area (Å²) in [4.78, 5) is 10.2. The highest BCUT2D eigenvalue weighted by Gasteiger charge is 2.33. The van der Waals surface area contributed by atoms with Gasteiger partial charge in [0, 0.05) is 12.1 Å².